The Morgan fingerprint density at radius 1 is 1.56 bits per heavy atom. The predicted molar refractivity (Wildman–Crippen MR) is 69.6 cm³/mol. The molecule has 0 saturated heterocycles. The Balaban J connectivity index is 2.17. The second kappa shape index (κ2) is 4.12. The van der Waals surface area contributed by atoms with Gasteiger partial charge in [0.2, 0.25) is 5.56 Å². The third kappa shape index (κ3) is 1.68. The summed E-state index contributed by atoms with van der Waals surface area (Å²) in [7, 11) is 0. The summed E-state index contributed by atoms with van der Waals surface area (Å²) in [6, 6.07) is 5.42. The van der Waals surface area contributed by atoms with Crippen LogP contribution in [0.2, 0.25) is 0 Å². The van der Waals surface area contributed by atoms with Gasteiger partial charge in [-0.3, -0.25) is 16.1 Å². The van der Waals surface area contributed by atoms with Crippen LogP contribution in [-0.4, -0.2) is 17.6 Å². The maximum atomic E-state index is 11.4. The molecule has 1 atom stereocenters. The summed E-state index contributed by atoms with van der Waals surface area (Å²) in [6.45, 7) is 2.60. The van der Waals surface area contributed by atoms with E-state index in [0.29, 0.717) is 6.54 Å². The van der Waals surface area contributed by atoms with Crippen molar-refractivity contribution < 1.29 is 4.74 Å². The van der Waals surface area contributed by atoms with Crippen LogP contribution in [0.1, 0.15) is 11.1 Å². The lowest BCUT2D eigenvalue weighted by atomic mass is 10.0. The number of fused-ring (bicyclic) bond motifs is 3. The van der Waals surface area contributed by atoms with E-state index < -0.39 is 0 Å². The molecular formula is C13H15N3O2. The summed E-state index contributed by atoms with van der Waals surface area (Å²) in [5, 5.41) is 0.962. The Hall–Kier alpha value is -1.85. The number of nitrogens with two attached hydrogens (primary N) is 1. The molecule has 0 aliphatic carbocycles. The number of hydrazine groups is 1. The Kier molecular flexibility index (Phi) is 2.57. The van der Waals surface area contributed by atoms with Gasteiger partial charge in [0.15, 0.2) is 0 Å². The van der Waals surface area contributed by atoms with Crippen molar-refractivity contribution in [3.05, 3.63) is 39.7 Å². The molecule has 2 heterocycles. The smallest absolute Gasteiger partial charge is 0.248 e. The number of pyridine rings is 1. The fraction of sp³-hybridized carbons (Fsp3) is 0.308. The van der Waals surface area contributed by atoms with Crippen LogP contribution in [0.5, 0.6) is 5.75 Å². The third-order valence-corrected chi connectivity index (χ3v) is 3.32. The molecule has 1 aliphatic rings. The highest BCUT2D eigenvalue weighted by Crippen LogP contribution is 2.36. The first-order chi connectivity index (χ1) is 8.69. The molecule has 0 amide bonds. The van der Waals surface area contributed by atoms with Gasteiger partial charge in [0.25, 0.3) is 0 Å². The van der Waals surface area contributed by atoms with Crippen LogP contribution in [0, 0.1) is 6.92 Å². The fourth-order valence-corrected chi connectivity index (χ4v) is 2.54. The molecule has 0 fully saturated rings. The molecule has 5 heteroatoms. The standard InChI is InChI=1S/C13H15N3O2/c1-7-4-8-5-9(6-15-14)18-13(8)10-2-3-11(17)16-12(7)10/h2-4,9,15H,5-6,14H2,1H3,(H,16,17). The van der Waals surface area contributed by atoms with Gasteiger partial charge in [0, 0.05) is 24.4 Å². The van der Waals surface area contributed by atoms with Crippen molar-refractivity contribution in [3.8, 4) is 5.75 Å². The Morgan fingerprint density at radius 2 is 2.39 bits per heavy atom. The number of aromatic amines is 1. The van der Waals surface area contributed by atoms with Crippen molar-refractivity contribution in [2.24, 2.45) is 5.84 Å². The predicted octanol–water partition coefficient (Wildman–Crippen LogP) is 0.603. The van der Waals surface area contributed by atoms with E-state index in [1.165, 1.54) is 11.6 Å². The summed E-state index contributed by atoms with van der Waals surface area (Å²) in [5.41, 5.74) is 5.62. The topological polar surface area (TPSA) is 80.1 Å². The number of benzene rings is 1. The maximum Gasteiger partial charge on any atom is 0.248 e. The minimum Gasteiger partial charge on any atom is -0.488 e. The second-order valence-corrected chi connectivity index (χ2v) is 4.65. The maximum absolute atomic E-state index is 11.4. The van der Waals surface area contributed by atoms with E-state index in [4.69, 9.17) is 10.6 Å². The van der Waals surface area contributed by atoms with E-state index in [1.54, 1.807) is 0 Å². The van der Waals surface area contributed by atoms with E-state index in [1.807, 2.05) is 13.0 Å². The number of nitrogens with one attached hydrogen (secondary N) is 2. The lowest BCUT2D eigenvalue weighted by Crippen LogP contribution is -2.34. The zero-order valence-electron chi connectivity index (χ0n) is 10.1. The van der Waals surface area contributed by atoms with E-state index in [-0.39, 0.29) is 11.7 Å². The SMILES string of the molecule is Cc1cc2c(c3ccc(=O)[nH]c13)OC(CNN)C2. The van der Waals surface area contributed by atoms with E-state index >= 15 is 0 Å². The zero-order chi connectivity index (χ0) is 12.7. The molecule has 0 saturated carbocycles. The van der Waals surface area contributed by atoms with Crippen LogP contribution < -0.4 is 21.6 Å². The number of hydrogen-bond acceptors (Lipinski definition) is 4. The van der Waals surface area contributed by atoms with Gasteiger partial charge < -0.3 is 9.72 Å². The molecule has 0 bridgehead atoms. The number of aromatic nitrogens is 1. The third-order valence-electron chi connectivity index (χ3n) is 3.32. The van der Waals surface area contributed by atoms with Crippen LogP contribution in [0.3, 0.4) is 0 Å². The van der Waals surface area contributed by atoms with Crippen LogP contribution in [0.25, 0.3) is 10.9 Å². The highest BCUT2D eigenvalue weighted by molar-refractivity contribution is 5.89. The summed E-state index contributed by atoms with van der Waals surface area (Å²) >= 11 is 0. The van der Waals surface area contributed by atoms with Crippen molar-refractivity contribution in [2.45, 2.75) is 19.4 Å². The van der Waals surface area contributed by atoms with Crippen molar-refractivity contribution >= 4 is 10.9 Å². The molecule has 0 spiro atoms. The van der Waals surface area contributed by atoms with E-state index in [2.05, 4.69) is 16.5 Å². The monoisotopic (exact) mass is 245 g/mol. The van der Waals surface area contributed by atoms with E-state index in [9.17, 15) is 4.79 Å². The molecule has 0 radical (unpaired) electrons. The second-order valence-electron chi connectivity index (χ2n) is 4.65. The summed E-state index contributed by atoms with van der Waals surface area (Å²) in [5.74, 6) is 6.20. The van der Waals surface area contributed by atoms with Gasteiger partial charge in [-0.1, -0.05) is 6.07 Å². The summed E-state index contributed by atoms with van der Waals surface area (Å²) < 4.78 is 5.89. The van der Waals surface area contributed by atoms with Crippen molar-refractivity contribution in [3.63, 3.8) is 0 Å². The highest BCUT2D eigenvalue weighted by atomic mass is 16.5. The molecule has 18 heavy (non-hydrogen) atoms. The van der Waals surface area contributed by atoms with Gasteiger partial charge in [-0.05, 0) is 24.1 Å². The number of H-pyrrole nitrogens is 1. The van der Waals surface area contributed by atoms with Crippen LogP contribution in [-0.2, 0) is 6.42 Å². The van der Waals surface area contributed by atoms with Crippen LogP contribution in [0.15, 0.2) is 23.0 Å². The number of aryl methyl sites for hydroxylation is 1. The lowest BCUT2D eigenvalue weighted by molar-refractivity contribution is 0.230. The molecule has 1 aromatic heterocycles. The van der Waals surface area contributed by atoms with Crippen molar-refractivity contribution in [1.29, 1.82) is 0 Å². The van der Waals surface area contributed by atoms with Crippen LogP contribution in [0.4, 0.5) is 0 Å². The van der Waals surface area contributed by atoms with Gasteiger partial charge in [-0.25, -0.2) is 0 Å². The molecular weight excluding hydrogens is 230 g/mol. The van der Waals surface area contributed by atoms with Crippen molar-refractivity contribution in [1.82, 2.24) is 10.4 Å². The average Bonchev–Trinajstić information content (AvgIpc) is 2.72. The molecule has 5 nitrogen and oxygen atoms in total. The normalized spacial score (nSPS) is 17.8. The Morgan fingerprint density at radius 3 is 3.17 bits per heavy atom. The van der Waals surface area contributed by atoms with Gasteiger partial charge >= 0.3 is 0 Å². The first-order valence-electron chi connectivity index (χ1n) is 5.94. The van der Waals surface area contributed by atoms with Crippen LogP contribution >= 0.6 is 0 Å². The summed E-state index contributed by atoms with van der Waals surface area (Å²) in [4.78, 5) is 14.2. The molecule has 2 aromatic rings. The number of ether oxygens (including phenoxy) is 1. The first-order valence-corrected chi connectivity index (χ1v) is 5.94. The number of hydrogen-bond donors (Lipinski definition) is 3. The van der Waals surface area contributed by atoms with E-state index in [0.717, 1.165) is 28.6 Å². The minimum absolute atomic E-state index is 0.0573. The first kappa shape index (κ1) is 11.3. The average molecular weight is 245 g/mol. The fourth-order valence-electron chi connectivity index (χ4n) is 2.54. The quantitative estimate of drug-likeness (QED) is 0.535. The lowest BCUT2D eigenvalue weighted by Gasteiger charge is -2.10. The number of rotatable bonds is 2. The van der Waals surface area contributed by atoms with Gasteiger partial charge in [-0.15, -0.1) is 0 Å². The molecule has 1 aromatic carbocycles. The molecule has 94 valence electrons. The molecule has 1 unspecified atom stereocenters. The van der Waals surface area contributed by atoms with Crippen molar-refractivity contribution in [2.75, 3.05) is 6.54 Å². The highest BCUT2D eigenvalue weighted by Gasteiger charge is 2.25. The van der Waals surface area contributed by atoms with Gasteiger partial charge in [-0.2, -0.15) is 0 Å². The van der Waals surface area contributed by atoms with Gasteiger partial charge in [0.1, 0.15) is 11.9 Å². The minimum atomic E-state index is -0.0938. The zero-order valence-corrected chi connectivity index (χ0v) is 10.1. The summed E-state index contributed by atoms with van der Waals surface area (Å²) in [6.07, 6.45) is 0.900. The Bertz CT molecular complexity index is 663. The molecule has 4 N–H and O–H groups in total. The van der Waals surface area contributed by atoms with Gasteiger partial charge in [0.05, 0.1) is 5.52 Å². The largest absolute Gasteiger partial charge is 0.488 e. The Labute approximate surface area is 104 Å². The molecule has 1 aliphatic heterocycles. The molecule has 3 rings (SSSR count).